The van der Waals surface area contributed by atoms with E-state index in [2.05, 4.69) is 19.2 Å². The zero-order valence-electron chi connectivity index (χ0n) is 10.3. The summed E-state index contributed by atoms with van der Waals surface area (Å²) in [6, 6.07) is 5.13. The van der Waals surface area contributed by atoms with Crippen molar-refractivity contribution < 1.29 is 4.39 Å². The van der Waals surface area contributed by atoms with Gasteiger partial charge in [-0.05, 0) is 31.0 Å². The molecule has 0 fully saturated rings. The molecule has 94 valence electrons. The molecule has 0 heterocycles. The lowest BCUT2D eigenvalue weighted by Crippen LogP contribution is -2.19. The molecule has 0 aromatic heterocycles. The van der Waals surface area contributed by atoms with Gasteiger partial charge in [0.15, 0.2) is 0 Å². The van der Waals surface area contributed by atoms with Gasteiger partial charge in [0.05, 0.1) is 5.69 Å². The molecule has 1 unspecified atom stereocenters. The standard InChI is InChI=1S/C13H19FN2S/c1-3-5-10(4-2)16-12-7-6-9(13(15)17)8-11(12)14/h6-8,10,16H,3-5H2,1-2H3,(H2,15,17). The lowest BCUT2D eigenvalue weighted by molar-refractivity contribution is 0.599. The molecule has 17 heavy (non-hydrogen) atoms. The van der Waals surface area contributed by atoms with Gasteiger partial charge in [0, 0.05) is 11.6 Å². The Labute approximate surface area is 107 Å². The van der Waals surface area contributed by atoms with E-state index in [4.69, 9.17) is 18.0 Å². The molecule has 1 aromatic carbocycles. The SMILES string of the molecule is CCCC(CC)Nc1ccc(C(N)=S)cc1F. The van der Waals surface area contributed by atoms with Crippen molar-refractivity contribution in [1.82, 2.24) is 0 Å². The summed E-state index contributed by atoms with van der Waals surface area (Å²) in [7, 11) is 0. The Morgan fingerprint density at radius 2 is 2.18 bits per heavy atom. The van der Waals surface area contributed by atoms with Gasteiger partial charge in [-0.1, -0.05) is 32.5 Å². The van der Waals surface area contributed by atoms with E-state index in [1.807, 2.05) is 0 Å². The third-order valence-corrected chi connectivity index (χ3v) is 2.98. The average Bonchev–Trinajstić information content (AvgIpc) is 2.30. The molecule has 0 saturated heterocycles. The predicted molar refractivity (Wildman–Crippen MR) is 74.9 cm³/mol. The Hall–Kier alpha value is -1.16. The summed E-state index contributed by atoms with van der Waals surface area (Å²) in [5, 5.41) is 3.20. The first-order valence-electron chi connectivity index (χ1n) is 5.94. The van der Waals surface area contributed by atoms with Gasteiger partial charge in [0.25, 0.3) is 0 Å². The van der Waals surface area contributed by atoms with Gasteiger partial charge >= 0.3 is 0 Å². The molecule has 0 aliphatic heterocycles. The van der Waals surface area contributed by atoms with E-state index < -0.39 is 0 Å². The number of thiocarbonyl (C=S) groups is 1. The van der Waals surface area contributed by atoms with Crippen LogP contribution in [0.1, 0.15) is 38.7 Å². The smallest absolute Gasteiger partial charge is 0.146 e. The summed E-state index contributed by atoms with van der Waals surface area (Å²) in [5.74, 6) is -0.301. The van der Waals surface area contributed by atoms with Crippen LogP contribution in [0.2, 0.25) is 0 Å². The van der Waals surface area contributed by atoms with Gasteiger partial charge in [-0.25, -0.2) is 4.39 Å². The minimum Gasteiger partial charge on any atom is -0.389 e. The number of nitrogens with one attached hydrogen (secondary N) is 1. The largest absolute Gasteiger partial charge is 0.389 e. The van der Waals surface area contributed by atoms with Crippen LogP contribution in [0.5, 0.6) is 0 Å². The van der Waals surface area contributed by atoms with Crippen molar-refractivity contribution in [3.05, 3.63) is 29.6 Å². The highest BCUT2D eigenvalue weighted by atomic mass is 32.1. The number of benzene rings is 1. The van der Waals surface area contributed by atoms with Crippen LogP contribution in [0.25, 0.3) is 0 Å². The molecule has 0 aliphatic carbocycles. The van der Waals surface area contributed by atoms with Crippen molar-refractivity contribution >= 4 is 22.9 Å². The van der Waals surface area contributed by atoms with Gasteiger partial charge in [-0.15, -0.1) is 0 Å². The maximum absolute atomic E-state index is 13.8. The van der Waals surface area contributed by atoms with Crippen molar-refractivity contribution in [3.8, 4) is 0 Å². The van der Waals surface area contributed by atoms with Crippen molar-refractivity contribution in [2.45, 2.75) is 39.2 Å². The lowest BCUT2D eigenvalue weighted by atomic mass is 10.1. The molecule has 0 radical (unpaired) electrons. The van der Waals surface area contributed by atoms with Gasteiger partial charge in [-0.2, -0.15) is 0 Å². The second kappa shape index (κ2) is 6.55. The number of hydrogen-bond donors (Lipinski definition) is 2. The molecular weight excluding hydrogens is 235 g/mol. The average molecular weight is 254 g/mol. The third-order valence-electron chi connectivity index (χ3n) is 2.74. The fourth-order valence-corrected chi connectivity index (χ4v) is 1.86. The minimum absolute atomic E-state index is 0.219. The van der Waals surface area contributed by atoms with Crippen LogP contribution in [0, 0.1) is 5.82 Å². The zero-order valence-corrected chi connectivity index (χ0v) is 11.1. The number of nitrogens with two attached hydrogens (primary N) is 1. The first-order valence-corrected chi connectivity index (χ1v) is 6.35. The van der Waals surface area contributed by atoms with Gasteiger partial charge < -0.3 is 11.1 Å². The van der Waals surface area contributed by atoms with E-state index in [1.165, 1.54) is 6.07 Å². The Balaban J connectivity index is 2.81. The van der Waals surface area contributed by atoms with E-state index >= 15 is 0 Å². The molecule has 0 aliphatic rings. The van der Waals surface area contributed by atoms with Crippen molar-refractivity contribution in [3.63, 3.8) is 0 Å². The normalized spacial score (nSPS) is 12.2. The highest BCUT2D eigenvalue weighted by molar-refractivity contribution is 7.80. The Morgan fingerprint density at radius 3 is 2.65 bits per heavy atom. The highest BCUT2D eigenvalue weighted by Gasteiger charge is 2.09. The predicted octanol–water partition coefficient (Wildman–Crippen LogP) is 3.45. The lowest BCUT2D eigenvalue weighted by Gasteiger charge is -2.18. The maximum Gasteiger partial charge on any atom is 0.146 e. The van der Waals surface area contributed by atoms with Crippen molar-refractivity contribution in [2.24, 2.45) is 5.73 Å². The molecular formula is C13H19FN2S. The monoisotopic (exact) mass is 254 g/mol. The van der Waals surface area contributed by atoms with Crippen LogP contribution in [0.3, 0.4) is 0 Å². The van der Waals surface area contributed by atoms with Gasteiger partial charge in [0.2, 0.25) is 0 Å². The molecule has 2 nitrogen and oxygen atoms in total. The molecule has 1 atom stereocenters. The number of halogens is 1. The first kappa shape index (κ1) is 13.9. The van der Waals surface area contributed by atoms with E-state index in [9.17, 15) is 4.39 Å². The summed E-state index contributed by atoms with van der Waals surface area (Å²) in [6.07, 6.45) is 3.09. The highest BCUT2D eigenvalue weighted by Crippen LogP contribution is 2.18. The van der Waals surface area contributed by atoms with Crippen LogP contribution in [-0.2, 0) is 0 Å². The molecule has 0 saturated carbocycles. The topological polar surface area (TPSA) is 38.0 Å². The van der Waals surface area contributed by atoms with Crippen LogP contribution in [0.15, 0.2) is 18.2 Å². The van der Waals surface area contributed by atoms with Crippen LogP contribution in [0.4, 0.5) is 10.1 Å². The van der Waals surface area contributed by atoms with Crippen molar-refractivity contribution in [1.29, 1.82) is 0 Å². The summed E-state index contributed by atoms with van der Waals surface area (Å²) in [6.45, 7) is 4.21. The molecule has 1 rings (SSSR count). The van der Waals surface area contributed by atoms with E-state index in [-0.39, 0.29) is 10.8 Å². The molecule has 4 heteroatoms. The Morgan fingerprint density at radius 1 is 1.47 bits per heavy atom. The summed E-state index contributed by atoms with van der Waals surface area (Å²) in [5.41, 5.74) is 6.53. The van der Waals surface area contributed by atoms with Crippen molar-refractivity contribution in [2.75, 3.05) is 5.32 Å². The molecule has 3 N–H and O–H groups in total. The van der Waals surface area contributed by atoms with Crippen LogP contribution in [-0.4, -0.2) is 11.0 Å². The van der Waals surface area contributed by atoms with E-state index in [1.54, 1.807) is 12.1 Å². The maximum atomic E-state index is 13.8. The first-order chi connectivity index (χ1) is 8.08. The Bertz CT molecular complexity index is 393. The van der Waals surface area contributed by atoms with Crippen LogP contribution < -0.4 is 11.1 Å². The molecule has 0 amide bonds. The molecule has 1 aromatic rings. The van der Waals surface area contributed by atoms with Gasteiger partial charge in [0.1, 0.15) is 10.8 Å². The fraction of sp³-hybridized carbons (Fsp3) is 0.462. The van der Waals surface area contributed by atoms with Crippen LogP contribution >= 0.6 is 12.2 Å². The summed E-state index contributed by atoms with van der Waals surface area (Å²) >= 11 is 4.81. The van der Waals surface area contributed by atoms with Gasteiger partial charge in [-0.3, -0.25) is 0 Å². The Kier molecular flexibility index (Phi) is 5.35. The number of rotatable bonds is 6. The fourth-order valence-electron chi connectivity index (χ4n) is 1.73. The zero-order chi connectivity index (χ0) is 12.8. The number of hydrogen-bond acceptors (Lipinski definition) is 2. The molecule has 0 spiro atoms. The molecule has 0 bridgehead atoms. The third kappa shape index (κ3) is 3.97. The summed E-state index contributed by atoms with van der Waals surface area (Å²) < 4.78 is 13.8. The summed E-state index contributed by atoms with van der Waals surface area (Å²) in [4.78, 5) is 0.219. The minimum atomic E-state index is -0.301. The second-order valence-corrected chi connectivity index (χ2v) is 4.54. The number of anilines is 1. The second-order valence-electron chi connectivity index (χ2n) is 4.10. The quantitative estimate of drug-likeness (QED) is 0.764. The van der Waals surface area contributed by atoms with E-state index in [0.29, 0.717) is 17.3 Å². The van der Waals surface area contributed by atoms with E-state index in [0.717, 1.165) is 19.3 Å².